The molecule has 0 bridgehead atoms. The molecule has 2 aliphatic rings. The molecule has 6 rings (SSSR count). The Bertz CT molecular complexity index is 1480. The average Bonchev–Trinajstić information content (AvgIpc) is 3.22. The van der Waals surface area contributed by atoms with Gasteiger partial charge in [-0.3, -0.25) is 19.9 Å². The molecular formula is C48H66N4O. The Labute approximate surface area is 321 Å². The number of hydrogen-bond acceptors (Lipinski definition) is 5. The first kappa shape index (κ1) is 39.3. The van der Waals surface area contributed by atoms with Crippen molar-refractivity contribution in [3.63, 3.8) is 0 Å². The van der Waals surface area contributed by atoms with Crippen molar-refractivity contribution < 1.29 is 4.74 Å². The Morgan fingerprint density at radius 3 is 1.21 bits per heavy atom. The lowest BCUT2D eigenvalue weighted by Crippen LogP contribution is -2.28. The quantitative estimate of drug-likeness (QED) is 0.0960. The molecule has 53 heavy (non-hydrogen) atoms. The van der Waals surface area contributed by atoms with Crippen molar-refractivity contribution in [2.24, 2.45) is 23.7 Å². The molecule has 2 aromatic heterocycles. The molecule has 4 aromatic rings. The van der Waals surface area contributed by atoms with Crippen molar-refractivity contribution in [1.29, 1.82) is 0 Å². The lowest BCUT2D eigenvalue weighted by Gasteiger charge is -2.40. The Morgan fingerprint density at radius 2 is 0.887 bits per heavy atom. The molecule has 2 atom stereocenters. The van der Waals surface area contributed by atoms with E-state index in [1.807, 2.05) is 24.8 Å². The standard InChI is InChI=1S/C48H66N4O/c1-5-9-11-13-43-31-51-45(33-49-43)37-23-27-41(28-24-37)47(39-19-15-35(7-3)16-20-39)53-48(40-21-17-36(8-4)18-22-40)42-29-25-38(26-30-42)46-34-50-44(32-52-46)14-12-10-6-2/h23-36,39-40,47-48H,5-22H2,1-4H3/t35-,36-,39-,40-,47?,48?. The number of nitrogens with zero attached hydrogens (tertiary/aromatic N) is 4. The zero-order valence-electron chi connectivity index (χ0n) is 33.3. The summed E-state index contributed by atoms with van der Waals surface area (Å²) in [5, 5.41) is 0. The molecule has 5 heteroatoms. The van der Waals surface area contributed by atoms with Gasteiger partial charge in [0.15, 0.2) is 0 Å². The first-order valence-electron chi connectivity index (χ1n) is 21.6. The van der Waals surface area contributed by atoms with E-state index in [1.54, 1.807) is 0 Å². The highest BCUT2D eigenvalue weighted by molar-refractivity contribution is 5.59. The number of benzene rings is 2. The third kappa shape index (κ3) is 10.8. The maximum absolute atomic E-state index is 7.60. The maximum Gasteiger partial charge on any atom is 0.0885 e. The van der Waals surface area contributed by atoms with Gasteiger partial charge in [0.05, 0.1) is 47.4 Å². The van der Waals surface area contributed by atoms with E-state index in [1.165, 1.54) is 114 Å². The third-order valence-corrected chi connectivity index (χ3v) is 12.6. The zero-order valence-corrected chi connectivity index (χ0v) is 33.3. The van der Waals surface area contributed by atoms with Crippen molar-refractivity contribution in [2.45, 2.75) is 155 Å². The third-order valence-electron chi connectivity index (χ3n) is 12.6. The summed E-state index contributed by atoms with van der Waals surface area (Å²) in [6.45, 7) is 9.20. The predicted octanol–water partition coefficient (Wildman–Crippen LogP) is 13.3. The Balaban J connectivity index is 1.25. The molecule has 0 spiro atoms. The van der Waals surface area contributed by atoms with Gasteiger partial charge >= 0.3 is 0 Å². The van der Waals surface area contributed by atoms with Crippen LogP contribution < -0.4 is 0 Å². The number of ether oxygens (including phenoxy) is 1. The predicted molar refractivity (Wildman–Crippen MR) is 219 cm³/mol. The van der Waals surface area contributed by atoms with Gasteiger partial charge in [-0.2, -0.15) is 0 Å². The maximum atomic E-state index is 7.60. The topological polar surface area (TPSA) is 60.8 Å². The molecule has 2 fully saturated rings. The second-order valence-electron chi connectivity index (χ2n) is 16.3. The molecule has 2 heterocycles. The highest BCUT2D eigenvalue weighted by Crippen LogP contribution is 2.47. The molecule has 2 unspecified atom stereocenters. The van der Waals surface area contributed by atoms with Crippen LogP contribution in [0.3, 0.4) is 0 Å². The van der Waals surface area contributed by atoms with Crippen molar-refractivity contribution in [2.75, 3.05) is 0 Å². The Morgan fingerprint density at radius 1 is 0.491 bits per heavy atom. The van der Waals surface area contributed by atoms with Crippen LogP contribution >= 0.6 is 0 Å². The minimum atomic E-state index is 0.0635. The van der Waals surface area contributed by atoms with Gasteiger partial charge < -0.3 is 4.74 Å². The van der Waals surface area contributed by atoms with Crippen LogP contribution in [0.2, 0.25) is 0 Å². The van der Waals surface area contributed by atoms with Crippen LogP contribution in [0, 0.1) is 23.7 Å². The smallest absolute Gasteiger partial charge is 0.0885 e. The molecule has 0 saturated heterocycles. The van der Waals surface area contributed by atoms with E-state index in [0.717, 1.165) is 58.6 Å². The van der Waals surface area contributed by atoms with E-state index in [4.69, 9.17) is 24.7 Å². The van der Waals surface area contributed by atoms with Crippen molar-refractivity contribution in [3.05, 3.63) is 95.8 Å². The zero-order chi connectivity index (χ0) is 36.8. The molecule has 284 valence electrons. The van der Waals surface area contributed by atoms with Gasteiger partial charge in [-0.15, -0.1) is 0 Å². The van der Waals surface area contributed by atoms with Gasteiger partial charge in [0.1, 0.15) is 0 Å². The molecule has 0 aliphatic heterocycles. The Kier molecular flexibility index (Phi) is 15.0. The monoisotopic (exact) mass is 715 g/mol. The SMILES string of the molecule is CCCCCc1cnc(-c2ccc(C(OC(c3ccc(-c4cnc(CCCCC)cn4)cc3)[C@H]3CC[C@H](CC)CC3)[C@H]3CC[C@H](CC)CC3)cc2)cn1. The van der Waals surface area contributed by atoms with Gasteiger partial charge in [-0.25, -0.2) is 0 Å². The molecule has 2 aliphatic carbocycles. The average molecular weight is 715 g/mol. The van der Waals surface area contributed by atoms with E-state index in [-0.39, 0.29) is 12.2 Å². The minimum absolute atomic E-state index is 0.0635. The van der Waals surface area contributed by atoms with Gasteiger partial charge in [0.2, 0.25) is 0 Å². The van der Waals surface area contributed by atoms with E-state index in [9.17, 15) is 0 Å². The van der Waals surface area contributed by atoms with Crippen LogP contribution in [0.4, 0.5) is 0 Å². The minimum Gasteiger partial charge on any atom is -0.365 e. The van der Waals surface area contributed by atoms with Crippen LogP contribution in [0.1, 0.15) is 165 Å². The summed E-state index contributed by atoms with van der Waals surface area (Å²) in [5.41, 5.74) is 8.91. The second-order valence-corrected chi connectivity index (χ2v) is 16.3. The van der Waals surface area contributed by atoms with E-state index in [2.05, 4.69) is 76.2 Å². The second kappa shape index (κ2) is 20.3. The molecule has 2 saturated carbocycles. The fourth-order valence-corrected chi connectivity index (χ4v) is 8.95. The van der Waals surface area contributed by atoms with Crippen molar-refractivity contribution >= 4 is 0 Å². The summed E-state index contributed by atoms with van der Waals surface area (Å²) in [5.74, 6) is 2.73. The van der Waals surface area contributed by atoms with E-state index >= 15 is 0 Å². The molecule has 0 radical (unpaired) electrons. The summed E-state index contributed by atoms with van der Waals surface area (Å²) in [6.07, 6.45) is 30.0. The summed E-state index contributed by atoms with van der Waals surface area (Å²) < 4.78 is 7.60. The van der Waals surface area contributed by atoms with Crippen LogP contribution in [0.25, 0.3) is 22.5 Å². The van der Waals surface area contributed by atoms with Crippen LogP contribution in [0.15, 0.2) is 73.3 Å². The summed E-state index contributed by atoms with van der Waals surface area (Å²) >= 11 is 0. The number of hydrogen-bond donors (Lipinski definition) is 0. The van der Waals surface area contributed by atoms with Crippen molar-refractivity contribution in [1.82, 2.24) is 19.9 Å². The number of aromatic nitrogens is 4. The number of rotatable bonds is 18. The first-order chi connectivity index (χ1) is 26.1. The lowest BCUT2D eigenvalue weighted by molar-refractivity contribution is -0.0905. The highest BCUT2D eigenvalue weighted by atomic mass is 16.5. The molecule has 5 nitrogen and oxygen atoms in total. The van der Waals surface area contributed by atoms with Crippen molar-refractivity contribution in [3.8, 4) is 22.5 Å². The molecular weight excluding hydrogens is 649 g/mol. The number of unbranched alkanes of at least 4 members (excludes halogenated alkanes) is 4. The summed E-state index contributed by atoms with van der Waals surface area (Å²) in [6, 6.07) is 18.3. The van der Waals surface area contributed by atoms with Gasteiger partial charge in [0.25, 0.3) is 0 Å². The van der Waals surface area contributed by atoms with E-state index in [0.29, 0.717) is 11.8 Å². The largest absolute Gasteiger partial charge is 0.365 e. The molecule has 2 aromatic carbocycles. The molecule has 0 amide bonds. The highest BCUT2D eigenvalue weighted by Gasteiger charge is 2.35. The fraction of sp³-hybridized carbons (Fsp3) is 0.583. The van der Waals surface area contributed by atoms with Gasteiger partial charge in [-0.1, -0.05) is 140 Å². The summed E-state index contributed by atoms with van der Waals surface area (Å²) in [4.78, 5) is 19.2. The fourth-order valence-electron chi connectivity index (χ4n) is 8.95. The van der Waals surface area contributed by atoms with Crippen LogP contribution in [-0.2, 0) is 17.6 Å². The lowest BCUT2D eigenvalue weighted by atomic mass is 9.75. The molecule has 0 N–H and O–H groups in total. The first-order valence-corrected chi connectivity index (χ1v) is 21.6. The normalized spacial score (nSPS) is 21.7. The number of aryl methyl sites for hydroxylation is 2. The van der Waals surface area contributed by atoms with Gasteiger partial charge in [-0.05, 0) is 86.2 Å². The summed E-state index contributed by atoms with van der Waals surface area (Å²) in [7, 11) is 0. The van der Waals surface area contributed by atoms with Crippen LogP contribution in [0.5, 0.6) is 0 Å². The Hall–Kier alpha value is -3.44. The van der Waals surface area contributed by atoms with Gasteiger partial charge in [0, 0.05) is 23.5 Å². The van der Waals surface area contributed by atoms with Crippen LogP contribution in [-0.4, -0.2) is 19.9 Å². The van der Waals surface area contributed by atoms with E-state index < -0.39 is 0 Å².